The summed E-state index contributed by atoms with van der Waals surface area (Å²) in [6, 6.07) is 15.0. The maximum absolute atomic E-state index is 12.0. The van der Waals surface area contributed by atoms with Crippen molar-refractivity contribution in [3.05, 3.63) is 59.1 Å². The van der Waals surface area contributed by atoms with Crippen LogP contribution in [-0.2, 0) is 11.2 Å². The smallest absolute Gasteiger partial charge is 0.224 e. The summed E-state index contributed by atoms with van der Waals surface area (Å²) in [6.07, 6.45) is 1.01. The van der Waals surface area contributed by atoms with Gasteiger partial charge in [0, 0.05) is 23.2 Å². The zero-order chi connectivity index (χ0) is 15.1. The number of anilines is 1. The Morgan fingerprint density at radius 2 is 2.00 bits per heavy atom. The highest BCUT2D eigenvalue weighted by atomic mass is 35.5. The van der Waals surface area contributed by atoms with E-state index in [1.165, 1.54) is 0 Å². The van der Waals surface area contributed by atoms with Gasteiger partial charge in [0.05, 0.1) is 6.61 Å². The minimum Gasteiger partial charge on any atom is -0.494 e. The third-order valence-electron chi connectivity index (χ3n) is 3.01. The van der Waals surface area contributed by atoms with E-state index in [4.69, 9.17) is 16.3 Å². The summed E-state index contributed by atoms with van der Waals surface area (Å²) in [7, 11) is 0. The largest absolute Gasteiger partial charge is 0.494 e. The second kappa shape index (κ2) is 7.70. The number of nitrogens with one attached hydrogen (secondary N) is 1. The highest BCUT2D eigenvalue weighted by molar-refractivity contribution is 6.31. The van der Waals surface area contributed by atoms with Gasteiger partial charge in [0.2, 0.25) is 5.91 Å². The van der Waals surface area contributed by atoms with Crippen LogP contribution < -0.4 is 10.1 Å². The van der Waals surface area contributed by atoms with Crippen LogP contribution in [0.2, 0.25) is 5.02 Å². The van der Waals surface area contributed by atoms with Crippen LogP contribution in [0.4, 0.5) is 5.69 Å². The first-order valence-corrected chi connectivity index (χ1v) is 7.33. The Balaban J connectivity index is 1.90. The van der Waals surface area contributed by atoms with Gasteiger partial charge in [0.15, 0.2) is 0 Å². The van der Waals surface area contributed by atoms with Gasteiger partial charge in [-0.3, -0.25) is 4.79 Å². The Morgan fingerprint density at radius 1 is 1.19 bits per heavy atom. The second-order valence-electron chi connectivity index (χ2n) is 4.60. The Bertz CT molecular complexity index is 613. The lowest BCUT2D eigenvalue weighted by Gasteiger charge is -2.08. The Labute approximate surface area is 129 Å². The van der Waals surface area contributed by atoms with Crippen LogP contribution in [-0.4, -0.2) is 12.5 Å². The van der Waals surface area contributed by atoms with Crippen molar-refractivity contribution in [3.63, 3.8) is 0 Å². The molecule has 110 valence electrons. The van der Waals surface area contributed by atoms with Crippen molar-refractivity contribution in [3.8, 4) is 5.75 Å². The van der Waals surface area contributed by atoms with Crippen molar-refractivity contribution in [2.24, 2.45) is 0 Å². The standard InChI is InChI=1S/C17H18ClNO2/c1-2-21-15-8-5-7-14(12-15)19-17(20)11-10-13-6-3-4-9-16(13)18/h3-9,12H,2,10-11H2,1H3,(H,19,20). The maximum Gasteiger partial charge on any atom is 0.224 e. The maximum atomic E-state index is 12.0. The third kappa shape index (κ3) is 4.80. The molecule has 0 aliphatic carbocycles. The minimum absolute atomic E-state index is 0.0384. The quantitative estimate of drug-likeness (QED) is 0.863. The van der Waals surface area contributed by atoms with Crippen LogP contribution >= 0.6 is 11.6 Å². The summed E-state index contributed by atoms with van der Waals surface area (Å²) in [5.74, 6) is 0.713. The van der Waals surface area contributed by atoms with Crippen LogP contribution in [0.15, 0.2) is 48.5 Å². The molecule has 0 aromatic heterocycles. The minimum atomic E-state index is -0.0384. The molecule has 0 unspecified atom stereocenters. The fourth-order valence-corrected chi connectivity index (χ4v) is 2.23. The van der Waals surface area contributed by atoms with Crippen molar-refractivity contribution in [2.45, 2.75) is 19.8 Å². The molecule has 1 N–H and O–H groups in total. The average molecular weight is 304 g/mol. The van der Waals surface area contributed by atoms with Gasteiger partial charge in [-0.25, -0.2) is 0 Å². The normalized spacial score (nSPS) is 10.2. The van der Waals surface area contributed by atoms with Gasteiger partial charge in [-0.15, -0.1) is 0 Å². The molecule has 0 aliphatic heterocycles. The number of aryl methyl sites for hydroxylation is 1. The number of amides is 1. The summed E-state index contributed by atoms with van der Waals surface area (Å²) in [5.41, 5.74) is 1.72. The molecule has 4 heteroatoms. The first kappa shape index (κ1) is 15.4. The molecule has 2 aromatic carbocycles. The topological polar surface area (TPSA) is 38.3 Å². The molecule has 21 heavy (non-hydrogen) atoms. The molecule has 0 radical (unpaired) electrons. The molecule has 0 atom stereocenters. The summed E-state index contributed by atoms with van der Waals surface area (Å²) >= 11 is 6.08. The van der Waals surface area contributed by atoms with Crippen LogP contribution in [0.25, 0.3) is 0 Å². The lowest BCUT2D eigenvalue weighted by Crippen LogP contribution is -2.12. The van der Waals surface area contributed by atoms with Crippen molar-refractivity contribution in [2.75, 3.05) is 11.9 Å². The molecular weight excluding hydrogens is 286 g/mol. The zero-order valence-corrected chi connectivity index (χ0v) is 12.7. The number of carbonyl (C=O) groups excluding carboxylic acids is 1. The monoisotopic (exact) mass is 303 g/mol. The predicted octanol–water partition coefficient (Wildman–Crippen LogP) is 4.31. The van der Waals surface area contributed by atoms with Crippen molar-refractivity contribution < 1.29 is 9.53 Å². The number of hydrogen-bond donors (Lipinski definition) is 1. The second-order valence-corrected chi connectivity index (χ2v) is 5.01. The van der Waals surface area contributed by atoms with Crippen molar-refractivity contribution in [1.82, 2.24) is 0 Å². The van der Waals surface area contributed by atoms with Gasteiger partial charge < -0.3 is 10.1 Å². The number of hydrogen-bond acceptors (Lipinski definition) is 2. The van der Waals surface area contributed by atoms with Gasteiger partial charge in [-0.2, -0.15) is 0 Å². The van der Waals surface area contributed by atoms with Crippen LogP contribution in [0.1, 0.15) is 18.9 Å². The predicted molar refractivity (Wildman–Crippen MR) is 86.0 cm³/mol. The highest BCUT2D eigenvalue weighted by Crippen LogP contribution is 2.19. The Morgan fingerprint density at radius 3 is 2.76 bits per heavy atom. The van der Waals surface area contributed by atoms with Gasteiger partial charge in [0.1, 0.15) is 5.75 Å². The Hall–Kier alpha value is -2.00. The molecule has 2 rings (SSSR count). The summed E-state index contributed by atoms with van der Waals surface area (Å²) in [5, 5.41) is 3.57. The van der Waals surface area contributed by atoms with E-state index in [0.717, 1.165) is 17.0 Å². The fraction of sp³-hybridized carbons (Fsp3) is 0.235. The number of benzene rings is 2. The van der Waals surface area contributed by atoms with E-state index >= 15 is 0 Å². The molecule has 0 bridgehead atoms. The highest BCUT2D eigenvalue weighted by Gasteiger charge is 2.06. The van der Waals surface area contributed by atoms with Gasteiger partial charge in [0.25, 0.3) is 0 Å². The molecule has 0 fully saturated rings. The molecular formula is C17H18ClNO2. The third-order valence-corrected chi connectivity index (χ3v) is 3.38. The van der Waals surface area contributed by atoms with E-state index in [-0.39, 0.29) is 5.91 Å². The van der Waals surface area contributed by atoms with E-state index in [1.807, 2.05) is 55.5 Å². The molecule has 0 saturated carbocycles. The van der Waals surface area contributed by atoms with Crippen molar-refractivity contribution >= 4 is 23.2 Å². The van der Waals surface area contributed by atoms with Crippen LogP contribution in [0.3, 0.4) is 0 Å². The SMILES string of the molecule is CCOc1cccc(NC(=O)CCc2ccccc2Cl)c1. The Kier molecular flexibility index (Phi) is 5.64. The van der Waals surface area contributed by atoms with E-state index in [1.54, 1.807) is 0 Å². The zero-order valence-electron chi connectivity index (χ0n) is 11.9. The number of halogens is 1. The van der Waals surface area contributed by atoms with E-state index in [2.05, 4.69) is 5.32 Å². The first-order chi connectivity index (χ1) is 10.2. The lowest BCUT2D eigenvalue weighted by molar-refractivity contribution is -0.116. The summed E-state index contributed by atoms with van der Waals surface area (Å²) in [6.45, 7) is 2.53. The first-order valence-electron chi connectivity index (χ1n) is 6.95. The number of rotatable bonds is 6. The molecule has 3 nitrogen and oxygen atoms in total. The van der Waals surface area contributed by atoms with E-state index < -0.39 is 0 Å². The molecule has 1 amide bonds. The molecule has 0 heterocycles. The molecule has 2 aromatic rings. The summed E-state index contributed by atoms with van der Waals surface area (Å²) < 4.78 is 5.40. The molecule has 0 aliphatic rings. The van der Waals surface area contributed by atoms with Crippen molar-refractivity contribution in [1.29, 1.82) is 0 Å². The van der Waals surface area contributed by atoms with Gasteiger partial charge >= 0.3 is 0 Å². The summed E-state index contributed by atoms with van der Waals surface area (Å²) in [4.78, 5) is 12.0. The van der Waals surface area contributed by atoms with Crippen LogP contribution in [0, 0.1) is 0 Å². The fourth-order valence-electron chi connectivity index (χ4n) is 2.00. The van der Waals surface area contributed by atoms with Gasteiger partial charge in [-0.1, -0.05) is 35.9 Å². The average Bonchev–Trinajstić information content (AvgIpc) is 2.47. The van der Waals surface area contributed by atoms with E-state index in [0.29, 0.717) is 24.5 Å². The number of ether oxygens (including phenoxy) is 1. The van der Waals surface area contributed by atoms with Gasteiger partial charge in [-0.05, 0) is 37.1 Å². The van der Waals surface area contributed by atoms with Crippen LogP contribution in [0.5, 0.6) is 5.75 Å². The number of carbonyl (C=O) groups is 1. The molecule has 0 spiro atoms. The van der Waals surface area contributed by atoms with E-state index in [9.17, 15) is 4.79 Å². The molecule has 0 saturated heterocycles. The lowest BCUT2D eigenvalue weighted by atomic mass is 10.1.